The van der Waals surface area contributed by atoms with Crippen LogP contribution >= 0.6 is 0 Å². The Morgan fingerprint density at radius 3 is 2.50 bits per heavy atom. The van der Waals surface area contributed by atoms with Crippen molar-refractivity contribution < 1.29 is 30.8 Å². The molecule has 1 aliphatic heterocycles. The molecule has 0 saturated carbocycles. The number of pyridine rings is 1. The van der Waals surface area contributed by atoms with Crippen molar-refractivity contribution in [3.05, 3.63) is 87.0 Å². The Kier molecular flexibility index (Phi) is 7.70. The summed E-state index contributed by atoms with van der Waals surface area (Å²) in [7, 11) is -4.14. The second-order valence-electron chi connectivity index (χ2n) is 10.3. The number of aromatic nitrogens is 3. The Bertz CT molecular complexity index is 1840. The number of Topliss-reactive ketones (excluding diaryl/α,β-unsaturated/α-hetero) is 1. The quantitative estimate of drug-likeness (QED) is 0.297. The van der Waals surface area contributed by atoms with Gasteiger partial charge in [-0.15, -0.1) is 0 Å². The molecule has 222 valence electrons. The van der Waals surface area contributed by atoms with E-state index >= 15 is 0 Å². The topological polar surface area (TPSA) is 124 Å². The second kappa shape index (κ2) is 11.0. The van der Waals surface area contributed by atoms with Crippen LogP contribution in [0.1, 0.15) is 50.3 Å². The first kappa shape index (κ1) is 29.5. The number of aryl methyl sites for hydroxylation is 1. The van der Waals surface area contributed by atoms with Crippen LogP contribution in [-0.4, -0.2) is 45.2 Å². The van der Waals surface area contributed by atoms with Gasteiger partial charge in [-0.25, -0.2) is 13.2 Å². The summed E-state index contributed by atoms with van der Waals surface area (Å²) in [6, 6.07) is 5.29. The number of fused-ring (bicyclic) bond motifs is 1. The van der Waals surface area contributed by atoms with Crippen molar-refractivity contribution in [1.82, 2.24) is 18.4 Å². The fraction of sp³-hybridized carbons (Fsp3) is 0.357. The predicted octanol–water partition coefficient (Wildman–Crippen LogP) is 4.10. The molecule has 0 N–H and O–H groups in total. The molecular weight excluding hydrogens is 577 g/mol. The summed E-state index contributed by atoms with van der Waals surface area (Å²) in [5.41, 5.74) is -1.71. The van der Waals surface area contributed by atoms with Gasteiger partial charge in [0.2, 0.25) is 5.09 Å². The van der Waals surface area contributed by atoms with E-state index < -0.39 is 50.9 Å². The Labute approximate surface area is 238 Å². The van der Waals surface area contributed by atoms with Gasteiger partial charge in [0.1, 0.15) is 5.58 Å². The number of carbonyl (C=O) groups excluding carboxylic acids is 1. The smallest absolute Gasteiger partial charge is 0.416 e. The highest BCUT2D eigenvalue weighted by Crippen LogP contribution is 2.31. The van der Waals surface area contributed by atoms with Gasteiger partial charge in [-0.2, -0.15) is 17.5 Å². The van der Waals surface area contributed by atoms with Gasteiger partial charge < -0.3 is 4.42 Å². The lowest BCUT2D eigenvalue weighted by Crippen LogP contribution is -2.42. The molecule has 10 nitrogen and oxygen atoms in total. The van der Waals surface area contributed by atoms with Crippen LogP contribution in [0.3, 0.4) is 0 Å². The van der Waals surface area contributed by atoms with Crippen LogP contribution in [0.5, 0.6) is 0 Å². The van der Waals surface area contributed by atoms with Crippen molar-refractivity contribution in [2.24, 2.45) is 0 Å². The van der Waals surface area contributed by atoms with Crippen LogP contribution in [0.25, 0.3) is 16.7 Å². The van der Waals surface area contributed by atoms with Crippen LogP contribution in [0.2, 0.25) is 0 Å². The van der Waals surface area contributed by atoms with E-state index in [0.29, 0.717) is 23.8 Å². The number of alkyl halides is 3. The van der Waals surface area contributed by atoms with Gasteiger partial charge in [-0.1, -0.05) is 0 Å². The molecule has 42 heavy (non-hydrogen) atoms. The number of hydrogen-bond acceptors (Lipinski definition) is 7. The highest BCUT2D eigenvalue weighted by Gasteiger charge is 2.40. The average Bonchev–Trinajstić information content (AvgIpc) is 3.61. The number of nitrogens with zero attached hydrogens (tertiary/aromatic N) is 4. The molecular formula is C28H27F3N4O6S. The molecule has 0 spiro atoms. The third-order valence-corrected chi connectivity index (χ3v) is 9.02. The van der Waals surface area contributed by atoms with Gasteiger partial charge in [-0.05, 0) is 63.4 Å². The first-order chi connectivity index (χ1) is 19.8. The third-order valence-electron chi connectivity index (χ3n) is 7.25. The molecule has 0 aliphatic carbocycles. The molecule has 0 unspecified atom stereocenters. The molecule has 0 radical (unpaired) electrons. The lowest BCUT2D eigenvalue weighted by Gasteiger charge is -2.22. The Morgan fingerprint density at radius 1 is 1.14 bits per heavy atom. The van der Waals surface area contributed by atoms with Gasteiger partial charge in [0.05, 0.1) is 17.3 Å². The fourth-order valence-electron chi connectivity index (χ4n) is 5.12. The average molecular weight is 605 g/mol. The summed E-state index contributed by atoms with van der Waals surface area (Å²) >= 11 is 0. The minimum atomic E-state index is -4.56. The van der Waals surface area contributed by atoms with Crippen LogP contribution in [0.15, 0.2) is 74.1 Å². The monoisotopic (exact) mass is 604 g/mol. The summed E-state index contributed by atoms with van der Waals surface area (Å²) < 4.78 is 74.6. The van der Waals surface area contributed by atoms with Crippen LogP contribution in [0, 0.1) is 0 Å². The molecule has 1 aromatic carbocycles. The first-order valence-corrected chi connectivity index (χ1v) is 14.7. The number of carbonyl (C=O) groups is 1. The van der Waals surface area contributed by atoms with Crippen LogP contribution in [0.4, 0.5) is 13.2 Å². The lowest BCUT2D eigenvalue weighted by atomic mass is 10.0. The van der Waals surface area contributed by atoms with E-state index in [4.69, 9.17) is 4.42 Å². The standard InChI is InChI=1S/C28H27F3N4O6S/c1-17(2)35-26(37)18(16-33(27(35)38)21-8-6-20(7-9-21)28(29,30)31)5-10-23(36)22-4-3-13-34(22)42(39,40)25-14-19-15-32-12-11-24(19)41-25/h6-9,11-12,14-17,22H,3-5,10,13H2,1-2H3/t22-/m0/s1. The summed E-state index contributed by atoms with van der Waals surface area (Å²) in [6.45, 7) is 3.35. The highest BCUT2D eigenvalue weighted by atomic mass is 32.2. The van der Waals surface area contributed by atoms with Crippen molar-refractivity contribution in [2.45, 2.75) is 62.9 Å². The summed E-state index contributed by atoms with van der Waals surface area (Å²) in [5.74, 6) is -0.406. The zero-order valence-electron chi connectivity index (χ0n) is 22.7. The van der Waals surface area contributed by atoms with E-state index in [-0.39, 0.29) is 35.7 Å². The zero-order valence-corrected chi connectivity index (χ0v) is 23.5. The van der Waals surface area contributed by atoms with E-state index in [0.717, 1.165) is 37.7 Å². The van der Waals surface area contributed by atoms with Crippen LogP contribution in [-0.2, 0) is 27.4 Å². The molecule has 1 aliphatic rings. The SMILES string of the molecule is CC(C)n1c(=O)c(CCC(=O)[C@@H]2CCCN2S(=O)(=O)c2cc3cnccc3o2)cn(-c2ccc(C(F)(F)F)cc2)c1=O. The lowest BCUT2D eigenvalue weighted by molar-refractivity contribution is -0.137. The zero-order chi connectivity index (χ0) is 30.4. The molecule has 1 fully saturated rings. The number of rotatable bonds is 8. The number of ketones is 1. The molecule has 1 saturated heterocycles. The number of hydrogen-bond donors (Lipinski definition) is 0. The number of furan rings is 1. The van der Waals surface area contributed by atoms with Gasteiger partial charge in [-0.3, -0.25) is 23.7 Å². The van der Waals surface area contributed by atoms with E-state index in [9.17, 15) is 36.0 Å². The van der Waals surface area contributed by atoms with E-state index in [1.54, 1.807) is 13.8 Å². The second-order valence-corrected chi connectivity index (χ2v) is 12.2. The van der Waals surface area contributed by atoms with E-state index in [1.165, 1.54) is 30.7 Å². The maximum Gasteiger partial charge on any atom is 0.416 e. The minimum Gasteiger partial charge on any atom is -0.443 e. The normalized spacial score (nSPS) is 16.5. The van der Waals surface area contributed by atoms with Crippen molar-refractivity contribution in [3.63, 3.8) is 0 Å². The molecule has 3 aromatic heterocycles. The molecule has 4 aromatic rings. The summed E-state index contributed by atoms with van der Waals surface area (Å²) in [6.07, 6.45) is 0.0552. The highest BCUT2D eigenvalue weighted by molar-refractivity contribution is 7.89. The first-order valence-electron chi connectivity index (χ1n) is 13.2. The van der Waals surface area contributed by atoms with E-state index in [2.05, 4.69) is 4.98 Å². The van der Waals surface area contributed by atoms with Gasteiger partial charge in [0.25, 0.3) is 15.6 Å². The fourth-order valence-corrected chi connectivity index (χ4v) is 6.75. The third kappa shape index (κ3) is 5.43. The van der Waals surface area contributed by atoms with Crippen molar-refractivity contribution in [2.75, 3.05) is 6.54 Å². The van der Waals surface area contributed by atoms with Gasteiger partial charge >= 0.3 is 11.9 Å². The van der Waals surface area contributed by atoms with Crippen molar-refractivity contribution >= 4 is 26.8 Å². The number of halogens is 3. The van der Waals surface area contributed by atoms with Crippen LogP contribution < -0.4 is 11.2 Å². The Balaban J connectivity index is 1.41. The largest absolute Gasteiger partial charge is 0.443 e. The van der Waals surface area contributed by atoms with Gasteiger partial charge in [0, 0.05) is 54.6 Å². The Hall–Kier alpha value is -4.04. The minimum absolute atomic E-state index is 0.0914. The molecule has 4 heterocycles. The maximum atomic E-state index is 13.4. The predicted molar refractivity (Wildman–Crippen MR) is 146 cm³/mol. The van der Waals surface area contributed by atoms with Crippen molar-refractivity contribution in [3.8, 4) is 5.69 Å². The summed E-state index contributed by atoms with van der Waals surface area (Å²) in [4.78, 5) is 43.6. The van der Waals surface area contributed by atoms with Crippen molar-refractivity contribution in [1.29, 1.82) is 0 Å². The molecule has 0 amide bonds. The summed E-state index contributed by atoms with van der Waals surface area (Å²) in [5, 5.41) is 0.205. The number of sulfonamides is 1. The molecule has 1 atom stereocenters. The number of benzene rings is 1. The van der Waals surface area contributed by atoms with Gasteiger partial charge in [0.15, 0.2) is 5.78 Å². The molecule has 14 heteroatoms. The molecule has 0 bridgehead atoms. The molecule has 5 rings (SSSR count). The Morgan fingerprint density at radius 2 is 1.86 bits per heavy atom. The maximum absolute atomic E-state index is 13.4. The van der Waals surface area contributed by atoms with E-state index in [1.807, 2.05) is 0 Å².